The minimum Gasteiger partial charge on any atom is -0.314 e. The van der Waals surface area contributed by atoms with Crippen LogP contribution in [0.4, 0.5) is 0 Å². The molecule has 0 radical (unpaired) electrons. The number of hydrogen-bond acceptors (Lipinski definition) is 4. The Balaban J connectivity index is 2.07. The second-order valence-electron chi connectivity index (χ2n) is 5.81. The zero-order valence-corrected chi connectivity index (χ0v) is 13.9. The molecule has 1 aliphatic carbocycles. The molecule has 0 atom stereocenters. The Bertz CT molecular complexity index is 355. The zero-order valence-electron chi connectivity index (χ0n) is 13.1. The first-order chi connectivity index (χ1) is 9.42. The van der Waals surface area contributed by atoms with Gasteiger partial charge in [0.2, 0.25) is 0 Å². The van der Waals surface area contributed by atoms with Crippen LogP contribution >= 0.6 is 0 Å². The van der Waals surface area contributed by atoms with Gasteiger partial charge in [0.25, 0.3) is 10.2 Å². The average Bonchev–Trinajstić information content (AvgIpc) is 3.17. The van der Waals surface area contributed by atoms with E-state index in [0.29, 0.717) is 19.1 Å². The van der Waals surface area contributed by atoms with Crippen LogP contribution in [0.2, 0.25) is 0 Å². The van der Waals surface area contributed by atoms with E-state index in [4.69, 9.17) is 0 Å². The summed E-state index contributed by atoms with van der Waals surface area (Å²) >= 11 is 0. The van der Waals surface area contributed by atoms with Crippen LogP contribution in [-0.2, 0) is 10.2 Å². The van der Waals surface area contributed by atoms with E-state index in [0.717, 1.165) is 32.4 Å². The second kappa shape index (κ2) is 8.94. The molecule has 0 unspecified atom stereocenters. The van der Waals surface area contributed by atoms with Crippen molar-refractivity contribution in [2.75, 3.05) is 47.3 Å². The van der Waals surface area contributed by atoms with Crippen LogP contribution in [0.5, 0.6) is 0 Å². The van der Waals surface area contributed by atoms with Gasteiger partial charge in [-0.2, -0.15) is 12.7 Å². The lowest BCUT2D eigenvalue weighted by molar-refractivity contribution is 0.393. The highest BCUT2D eigenvalue weighted by atomic mass is 32.2. The van der Waals surface area contributed by atoms with E-state index in [1.165, 1.54) is 17.1 Å². The summed E-state index contributed by atoms with van der Waals surface area (Å²) in [6, 6.07) is 0.687. The third-order valence-corrected chi connectivity index (χ3v) is 4.96. The van der Waals surface area contributed by atoms with Crippen molar-refractivity contribution in [3.05, 3.63) is 0 Å². The second-order valence-corrected chi connectivity index (χ2v) is 7.68. The summed E-state index contributed by atoms with van der Waals surface area (Å²) in [5, 5.41) is 3.39. The summed E-state index contributed by atoms with van der Waals surface area (Å²) in [6.07, 6.45) is 5.26. The Morgan fingerprint density at radius 2 is 1.70 bits per heavy atom. The van der Waals surface area contributed by atoms with Crippen LogP contribution in [0, 0.1) is 0 Å². The van der Waals surface area contributed by atoms with E-state index in [2.05, 4.69) is 14.9 Å². The molecule has 0 aliphatic heterocycles. The quantitative estimate of drug-likeness (QED) is 0.507. The van der Waals surface area contributed by atoms with Gasteiger partial charge in [-0.05, 0) is 59.3 Å². The van der Waals surface area contributed by atoms with E-state index in [9.17, 15) is 8.42 Å². The lowest BCUT2D eigenvalue weighted by Gasteiger charge is -2.18. The van der Waals surface area contributed by atoms with Crippen molar-refractivity contribution in [2.24, 2.45) is 0 Å². The molecule has 120 valence electrons. The average molecular weight is 306 g/mol. The molecule has 1 rings (SSSR count). The highest BCUT2D eigenvalue weighted by Gasteiger charge is 2.20. The smallest absolute Gasteiger partial charge is 0.279 e. The normalized spacial score (nSPS) is 16.2. The van der Waals surface area contributed by atoms with Crippen molar-refractivity contribution in [3.8, 4) is 0 Å². The Morgan fingerprint density at radius 3 is 2.30 bits per heavy atom. The Kier molecular flexibility index (Phi) is 7.98. The molecule has 0 amide bonds. The van der Waals surface area contributed by atoms with Crippen LogP contribution in [0.1, 0.15) is 32.1 Å². The molecule has 0 aromatic rings. The van der Waals surface area contributed by atoms with Crippen molar-refractivity contribution in [1.82, 2.24) is 19.2 Å². The fraction of sp³-hybridized carbons (Fsp3) is 1.00. The predicted molar refractivity (Wildman–Crippen MR) is 83.0 cm³/mol. The molecule has 1 fully saturated rings. The molecule has 6 nitrogen and oxygen atoms in total. The van der Waals surface area contributed by atoms with Gasteiger partial charge in [0.1, 0.15) is 0 Å². The van der Waals surface area contributed by atoms with Gasteiger partial charge in [0.05, 0.1) is 0 Å². The van der Waals surface area contributed by atoms with E-state index >= 15 is 0 Å². The first kappa shape index (κ1) is 17.8. The van der Waals surface area contributed by atoms with Crippen molar-refractivity contribution in [1.29, 1.82) is 0 Å². The number of unbranched alkanes of at least 4 members (excludes halogenated alkanes) is 1. The van der Waals surface area contributed by atoms with Gasteiger partial charge in [-0.25, -0.2) is 4.72 Å². The maximum Gasteiger partial charge on any atom is 0.279 e. The van der Waals surface area contributed by atoms with E-state index in [1.54, 1.807) is 7.05 Å². The maximum atomic E-state index is 12.0. The van der Waals surface area contributed by atoms with Crippen molar-refractivity contribution in [3.63, 3.8) is 0 Å². The minimum atomic E-state index is -3.30. The third-order valence-electron chi connectivity index (χ3n) is 3.39. The molecular formula is C13H30N4O2S. The van der Waals surface area contributed by atoms with Crippen LogP contribution in [0.3, 0.4) is 0 Å². The molecule has 2 N–H and O–H groups in total. The van der Waals surface area contributed by atoms with E-state index < -0.39 is 10.2 Å². The predicted octanol–water partition coefficient (Wildman–Crippen LogP) is 0.237. The first-order valence-electron chi connectivity index (χ1n) is 7.51. The van der Waals surface area contributed by atoms with Crippen LogP contribution in [0.25, 0.3) is 0 Å². The molecule has 1 saturated carbocycles. The summed E-state index contributed by atoms with van der Waals surface area (Å²) in [5.74, 6) is 0. The Labute approximate surface area is 124 Å². The van der Waals surface area contributed by atoms with Crippen molar-refractivity contribution < 1.29 is 8.42 Å². The molecule has 1 aliphatic rings. The minimum absolute atomic E-state index is 0.515. The van der Waals surface area contributed by atoms with Gasteiger partial charge in [-0.1, -0.05) is 0 Å². The topological polar surface area (TPSA) is 64.7 Å². The summed E-state index contributed by atoms with van der Waals surface area (Å²) in [6.45, 7) is 2.96. The molecule has 0 bridgehead atoms. The van der Waals surface area contributed by atoms with E-state index in [-0.39, 0.29) is 0 Å². The van der Waals surface area contributed by atoms with Crippen molar-refractivity contribution >= 4 is 10.2 Å². The third kappa shape index (κ3) is 8.16. The monoisotopic (exact) mass is 306 g/mol. The first-order valence-corrected chi connectivity index (χ1v) is 8.95. The maximum absolute atomic E-state index is 12.0. The molecule has 0 spiro atoms. The molecule has 0 aromatic carbocycles. The molecule has 0 heterocycles. The highest BCUT2D eigenvalue weighted by molar-refractivity contribution is 7.87. The van der Waals surface area contributed by atoms with Gasteiger partial charge >= 0.3 is 0 Å². The number of nitrogens with zero attached hydrogens (tertiary/aromatic N) is 2. The number of rotatable bonds is 12. The van der Waals surface area contributed by atoms with Crippen LogP contribution in [-0.4, -0.2) is 71.0 Å². The van der Waals surface area contributed by atoms with E-state index in [1.807, 2.05) is 14.1 Å². The number of nitrogens with one attached hydrogen (secondary N) is 2. The summed E-state index contributed by atoms with van der Waals surface area (Å²) in [5.41, 5.74) is 0. The van der Waals surface area contributed by atoms with Crippen LogP contribution < -0.4 is 10.0 Å². The van der Waals surface area contributed by atoms with Gasteiger partial charge in [0, 0.05) is 26.2 Å². The SMILES string of the molecule is CN(C)CCCCNS(=O)(=O)N(C)CCCNC1CC1. The summed E-state index contributed by atoms with van der Waals surface area (Å²) in [4.78, 5) is 2.10. The summed E-state index contributed by atoms with van der Waals surface area (Å²) < 4.78 is 28.0. The lowest BCUT2D eigenvalue weighted by atomic mass is 10.3. The molecule has 0 saturated heterocycles. The molecule has 20 heavy (non-hydrogen) atoms. The fourth-order valence-electron chi connectivity index (χ4n) is 1.88. The largest absolute Gasteiger partial charge is 0.314 e. The highest BCUT2D eigenvalue weighted by Crippen LogP contribution is 2.18. The van der Waals surface area contributed by atoms with Gasteiger partial charge in [-0.15, -0.1) is 0 Å². The van der Waals surface area contributed by atoms with Gasteiger partial charge in [0.15, 0.2) is 0 Å². The lowest BCUT2D eigenvalue weighted by Crippen LogP contribution is -2.40. The molecule has 0 aromatic heterocycles. The standard InChI is InChI=1S/C13H30N4O2S/c1-16(2)11-5-4-10-15-20(18,19)17(3)12-6-9-14-13-7-8-13/h13-15H,4-12H2,1-3H3. The Morgan fingerprint density at radius 1 is 1.00 bits per heavy atom. The zero-order chi connectivity index (χ0) is 15.0. The van der Waals surface area contributed by atoms with Crippen molar-refractivity contribution in [2.45, 2.75) is 38.1 Å². The van der Waals surface area contributed by atoms with Crippen LogP contribution in [0.15, 0.2) is 0 Å². The Hall–Kier alpha value is -0.210. The fourth-order valence-corrected chi connectivity index (χ4v) is 2.87. The van der Waals surface area contributed by atoms with Gasteiger partial charge in [-0.3, -0.25) is 0 Å². The van der Waals surface area contributed by atoms with Gasteiger partial charge < -0.3 is 10.2 Å². The molecular weight excluding hydrogens is 276 g/mol. The summed E-state index contributed by atoms with van der Waals surface area (Å²) in [7, 11) is 2.38. The molecule has 7 heteroatoms. The number of hydrogen-bond donors (Lipinski definition) is 2.